The molecule has 0 saturated carbocycles. The minimum atomic E-state index is -0.0416. The van der Waals surface area contributed by atoms with E-state index in [0.717, 1.165) is 11.4 Å². The summed E-state index contributed by atoms with van der Waals surface area (Å²) in [6.07, 6.45) is 0. The molecule has 1 aromatic rings. The van der Waals surface area contributed by atoms with Crippen LogP contribution in [-0.4, -0.2) is 25.1 Å². The maximum Gasteiger partial charge on any atom is 0.265 e. The average Bonchev–Trinajstić information content (AvgIpc) is 2.22. The monoisotopic (exact) mass is 206 g/mol. The Morgan fingerprint density at radius 3 is 3.00 bits per heavy atom. The van der Waals surface area contributed by atoms with Gasteiger partial charge in [0.15, 0.2) is 6.61 Å². The third-order valence-electron chi connectivity index (χ3n) is 2.28. The van der Waals surface area contributed by atoms with Gasteiger partial charge in [0, 0.05) is 12.6 Å². The summed E-state index contributed by atoms with van der Waals surface area (Å²) >= 11 is 0. The van der Waals surface area contributed by atoms with Gasteiger partial charge in [-0.25, -0.2) is 0 Å². The Morgan fingerprint density at radius 1 is 1.53 bits per heavy atom. The van der Waals surface area contributed by atoms with Gasteiger partial charge in [0.1, 0.15) is 5.75 Å². The standard InChI is InChI=1S/C11H14N2O2/c1-8(12)6-13-9-4-2-3-5-10(9)15-7-11(13)14/h2-5,8H,6-7,12H2,1H3/t8-/m0/s1. The van der Waals surface area contributed by atoms with Crippen LogP contribution in [0.25, 0.3) is 0 Å². The van der Waals surface area contributed by atoms with E-state index in [1.807, 2.05) is 31.2 Å². The van der Waals surface area contributed by atoms with Crippen molar-refractivity contribution in [1.29, 1.82) is 0 Å². The lowest BCUT2D eigenvalue weighted by Crippen LogP contribution is -2.44. The number of rotatable bonds is 2. The Labute approximate surface area is 88.6 Å². The van der Waals surface area contributed by atoms with Crippen molar-refractivity contribution in [2.75, 3.05) is 18.1 Å². The highest BCUT2D eigenvalue weighted by Gasteiger charge is 2.25. The third-order valence-corrected chi connectivity index (χ3v) is 2.28. The summed E-state index contributed by atoms with van der Waals surface area (Å²) in [7, 11) is 0. The molecule has 0 aliphatic carbocycles. The molecule has 1 amide bonds. The first-order valence-electron chi connectivity index (χ1n) is 4.96. The van der Waals surface area contributed by atoms with Crippen LogP contribution in [0.4, 0.5) is 5.69 Å². The predicted molar refractivity (Wildman–Crippen MR) is 57.9 cm³/mol. The van der Waals surface area contributed by atoms with Crippen LogP contribution in [0.2, 0.25) is 0 Å². The van der Waals surface area contributed by atoms with Gasteiger partial charge < -0.3 is 15.4 Å². The van der Waals surface area contributed by atoms with E-state index in [2.05, 4.69) is 0 Å². The normalized spacial score (nSPS) is 16.9. The molecule has 1 aliphatic heterocycles. The van der Waals surface area contributed by atoms with Crippen molar-refractivity contribution in [3.05, 3.63) is 24.3 Å². The van der Waals surface area contributed by atoms with Crippen LogP contribution in [0.15, 0.2) is 24.3 Å². The average molecular weight is 206 g/mol. The first kappa shape index (κ1) is 9.98. The molecule has 80 valence electrons. The predicted octanol–water partition coefficient (Wildman–Crippen LogP) is 0.759. The first-order valence-corrected chi connectivity index (χ1v) is 4.96. The number of fused-ring (bicyclic) bond motifs is 1. The maximum atomic E-state index is 11.6. The molecule has 1 aliphatic rings. The van der Waals surface area contributed by atoms with Crippen LogP contribution >= 0.6 is 0 Å². The Kier molecular flexibility index (Phi) is 2.60. The van der Waals surface area contributed by atoms with Gasteiger partial charge in [0.05, 0.1) is 5.69 Å². The molecule has 1 heterocycles. The van der Waals surface area contributed by atoms with Gasteiger partial charge in [-0.05, 0) is 19.1 Å². The molecule has 0 unspecified atom stereocenters. The molecule has 0 aromatic heterocycles. The molecule has 2 N–H and O–H groups in total. The van der Waals surface area contributed by atoms with Crippen molar-refractivity contribution in [2.45, 2.75) is 13.0 Å². The molecular weight excluding hydrogens is 192 g/mol. The molecular formula is C11H14N2O2. The highest BCUT2D eigenvalue weighted by molar-refractivity contribution is 5.97. The van der Waals surface area contributed by atoms with E-state index in [4.69, 9.17) is 10.5 Å². The zero-order valence-electron chi connectivity index (χ0n) is 8.64. The van der Waals surface area contributed by atoms with E-state index in [-0.39, 0.29) is 18.6 Å². The van der Waals surface area contributed by atoms with Gasteiger partial charge in [-0.1, -0.05) is 12.1 Å². The molecule has 15 heavy (non-hydrogen) atoms. The summed E-state index contributed by atoms with van der Waals surface area (Å²) < 4.78 is 5.32. The number of benzene rings is 1. The van der Waals surface area contributed by atoms with Gasteiger partial charge >= 0.3 is 0 Å². The molecule has 4 nitrogen and oxygen atoms in total. The summed E-state index contributed by atoms with van der Waals surface area (Å²) in [5.41, 5.74) is 6.52. The quantitative estimate of drug-likeness (QED) is 0.777. The molecule has 2 rings (SSSR count). The van der Waals surface area contributed by atoms with E-state index < -0.39 is 0 Å². The molecule has 1 aromatic carbocycles. The minimum absolute atomic E-state index is 0.0361. The Bertz CT molecular complexity index is 377. The lowest BCUT2D eigenvalue weighted by Gasteiger charge is -2.30. The van der Waals surface area contributed by atoms with Gasteiger partial charge in [-0.15, -0.1) is 0 Å². The summed E-state index contributed by atoms with van der Waals surface area (Å²) in [6.45, 7) is 2.51. The summed E-state index contributed by atoms with van der Waals surface area (Å²) in [6, 6.07) is 7.46. The topological polar surface area (TPSA) is 55.6 Å². The van der Waals surface area contributed by atoms with Crippen LogP contribution in [0.3, 0.4) is 0 Å². The van der Waals surface area contributed by atoms with Crippen molar-refractivity contribution in [3.8, 4) is 5.75 Å². The lowest BCUT2D eigenvalue weighted by atomic mass is 10.2. The zero-order chi connectivity index (χ0) is 10.8. The van der Waals surface area contributed by atoms with Crippen molar-refractivity contribution < 1.29 is 9.53 Å². The smallest absolute Gasteiger partial charge is 0.265 e. The van der Waals surface area contributed by atoms with Crippen LogP contribution in [0.1, 0.15) is 6.92 Å². The fraction of sp³-hybridized carbons (Fsp3) is 0.364. The number of anilines is 1. The molecule has 0 radical (unpaired) electrons. The molecule has 0 bridgehead atoms. The Hall–Kier alpha value is -1.55. The third kappa shape index (κ3) is 1.94. The largest absolute Gasteiger partial charge is 0.482 e. The van der Waals surface area contributed by atoms with Crippen molar-refractivity contribution in [1.82, 2.24) is 0 Å². The summed E-state index contributed by atoms with van der Waals surface area (Å²) in [5, 5.41) is 0. The highest BCUT2D eigenvalue weighted by Crippen LogP contribution is 2.31. The molecule has 1 atom stereocenters. The second-order valence-electron chi connectivity index (χ2n) is 3.74. The van der Waals surface area contributed by atoms with Crippen molar-refractivity contribution >= 4 is 11.6 Å². The number of carbonyl (C=O) groups is 1. The van der Waals surface area contributed by atoms with Crippen molar-refractivity contribution in [2.24, 2.45) is 5.73 Å². The Balaban J connectivity index is 2.33. The van der Waals surface area contributed by atoms with E-state index in [9.17, 15) is 4.79 Å². The second-order valence-corrected chi connectivity index (χ2v) is 3.74. The van der Waals surface area contributed by atoms with Gasteiger partial charge in [-0.2, -0.15) is 0 Å². The lowest BCUT2D eigenvalue weighted by molar-refractivity contribution is -0.121. The molecule has 0 spiro atoms. The maximum absolute atomic E-state index is 11.6. The van der Waals surface area contributed by atoms with E-state index in [1.165, 1.54) is 0 Å². The van der Waals surface area contributed by atoms with Gasteiger partial charge in [-0.3, -0.25) is 4.79 Å². The van der Waals surface area contributed by atoms with Crippen LogP contribution in [0.5, 0.6) is 5.75 Å². The first-order chi connectivity index (χ1) is 7.18. The number of amides is 1. The van der Waals surface area contributed by atoms with Gasteiger partial charge in [0.2, 0.25) is 0 Å². The van der Waals surface area contributed by atoms with Crippen LogP contribution in [-0.2, 0) is 4.79 Å². The number of nitrogens with zero attached hydrogens (tertiary/aromatic N) is 1. The second kappa shape index (κ2) is 3.90. The van der Waals surface area contributed by atoms with Crippen LogP contribution < -0.4 is 15.4 Å². The molecule has 0 fully saturated rings. The Morgan fingerprint density at radius 2 is 2.27 bits per heavy atom. The van der Waals surface area contributed by atoms with E-state index >= 15 is 0 Å². The summed E-state index contributed by atoms with van der Waals surface area (Å²) in [5.74, 6) is 0.712. The summed E-state index contributed by atoms with van der Waals surface area (Å²) in [4.78, 5) is 13.3. The number of para-hydroxylation sites is 2. The number of hydrogen-bond acceptors (Lipinski definition) is 3. The number of ether oxygens (including phenoxy) is 1. The number of carbonyl (C=O) groups excluding carboxylic acids is 1. The minimum Gasteiger partial charge on any atom is -0.482 e. The SMILES string of the molecule is C[C@H](N)CN1C(=O)COc2ccccc21. The van der Waals surface area contributed by atoms with Gasteiger partial charge in [0.25, 0.3) is 5.91 Å². The van der Waals surface area contributed by atoms with E-state index in [0.29, 0.717) is 6.54 Å². The zero-order valence-corrected chi connectivity index (χ0v) is 8.64. The number of hydrogen-bond donors (Lipinski definition) is 1. The molecule has 0 saturated heterocycles. The fourth-order valence-corrected chi connectivity index (χ4v) is 1.64. The molecule has 4 heteroatoms. The number of nitrogens with two attached hydrogens (primary N) is 1. The fourth-order valence-electron chi connectivity index (χ4n) is 1.64. The van der Waals surface area contributed by atoms with E-state index in [1.54, 1.807) is 4.90 Å². The highest BCUT2D eigenvalue weighted by atomic mass is 16.5. The van der Waals surface area contributed by atoms with Crippen molar-refractivity contribution in [3.63, 3.8) is 0 Å². The van der Waals surface area contributed by atoms with Crippen LogP contribution in [0, 0.1) is 0 Å².